The Labute approximate surface area is 107 Å². The fourth-order valence-electron chi connectivity index (χ4n) is 1.36. The molecule has 0 unspecified atom stereocenters. The molecule has 4 nitrogen and oxygen atoms in total. The summed E-state index contributed by atoms with van der Waals surface area (Å²) in [6.07, 6.45) is 10.3. The van der Waals surface area contributed by atoms with Crippen LogP contribution >= 0.6 is 0 Å². The van der Waals surface area contributed by atoms with Gasteiger partial charge in [-0.25, -0.2) is 9.79 Å². The highest BCUT2D eigenvalue weighted by atomic mass is 16.1. The maximum atomic E-state index is 10.5. The smallest absolute Gasteiger partial charge is 0.221 e. The molecule has 0 bridgehead atoms. The first-order valence-electron chi connectivity index (χ1n) is 5.65. The minimum atomic E-state index is 0.159. The SMILES string of the molecule is C#CCCCCC#CC1=CN(C)C(=C=O)N=C1N. The number of nitrogens with zero attached hydrogens (tertiary/aromatic N) is 2. The molecule has 0 aromatic rings. The Hall–Kier alpha value is -2.42. The topological polar surface area (TPSA) is 58.7 Å². The maximum Gasteiger partial charge on any atom is 0.221 e. The monoisotopic (exact) mass is 241 g/mol. The molecule has 0 saturated carbocycles. The number of aliphatic imine (C=N–C) groups is 1. The van der Waals surface area contributed by atoms with Crippen molar-refractivity contribution in [1.29, 1.82) is 0 Å². The normalized spacial score (nSPS) is 13.8. The first-order valence-corrected chi connectivity index (χ1v) is 5.65. The summed E-state index contributed by atoms with van der Waals surface area (Å²) in [5.41, 5.74) is 6.31. The number of hydrogen-bond donors (Lipinski definition) is 1. The van der Waals surface area contributed by atoms with Gasteiger partial charge in [-0.1, -0.05) is 11.8 Å². The van der Waals surface area contributed by atoms with E-state index < -0.39 is 0 Å². The van der Waals surface area contributed by atoms with Crippen LogP contribution in [0.3, 0.4) is 0 Å². The Kier molecular flexibility index (Phi) is 5.32. The molecule has 1 heterocycles. The Bertz CT molecular complexity index is 519. The Morgan fingerprint density at radius 1 is 1.44 bits per heavy atom. The van der Waals surface area contributed by atoms with Gasteiger partial charge in [0, 0.05) is 26.1 Å². The van der Waals surface area contributed by atoms with Crippen molar-refractivity contribution in [1.82, 2.24) is 4.90 Å². The van der Waals surface area contributed by atoms with Crippen LogP contribution in [-0.4, -0.2) is 23.7 Å². The number of rotatable bonds is 3. The predicted molar refractivity (Wildman–Crippen MR) is 71.8 cm³/mol. The van der Waals surface area contributed by atoms with Crippen molar-refractivity contribution in [3.63, 3.8) is 0 Å². The van der Waals surface area contributed by atoms with Gasteiger partial charge in [-0.3, -0.25) is 0 Å². The van der Waals surface area contributed by atoms with Crippen LogP contribution in [0.4, 0.5) is 0 Å². The summed E-state index contributed by atoms with van der Waals surface area (Å²) >= 11 is 0. The Balaban J connectivity index is 2.59. The van der Waals surface area contributed by atoms with Gasteiger partial charge in [-0.15, -0.1) is 12.3 Å². The van der Waals surface area contributed by atoms with Gasteiger partial charge < -0.3 is 10.6 Å². The van der Waals surface area contributed by atoms with Crippen LogP contribution in [0.1, 0.15) is 25.7 Å². The average molecular weight is 241 g/mol. The van der Waals surface area contributed by atoms with Crippen molar-refractivity contribution < 1.29 is 4.79 Å². The number of hydrogen-bond acceptors (Lipinski definition) is 4. The number of carbonyl (C=O) groups excluding carboxylic acids is 1. The van der Waals surface area contributed by atoms with Gasteiger partial charge in [0.15, 0.2) is 5.94 Å². The molecule has 0 saturated heterocycles. The van der Waals surface area contributed by atoms with Gasteiger partial charge in [0.05, 0.1) is 5.57 Å². The zero-order valence-electron chi connectivity index (χ0n) is 10.4. The number of terminal acetylenes is 1. The highest BCUT2D eigenvalue weighted by Gasteiger charge is 2.12. The van der Waals surface area contributed by atoms with E-state index in [2.05, 4.69) is 22.8 Å². The van der Waals surface area contributed by atoms with E-state index in [0.29, 0.717) is 5.57 Å². The molecular weight excluding hydrogens is 226 g/mol. The number of nitrogens with two attached hydrogens (primary N) is 1. The van der Waals surface area contributed by atoms with E-state index in [9.17, 15) is 4.79 Å². The van der Waals surface area contributed by atoms with E-state index in [4.69, 9.17) is 12.2 Å². The Morgan fingerprint density at radius 3 is 2.83 bits per heavy atom. The molecule has 0 radical (unpaired) electrons. The molecule has 0 aromatic heterocycles. The fourth-order valence-corrected chi connectivity index (χ4v) is 1.36. The molecule has 0 aromatic carbocycles. The quantitative estimate of drug-likeness (QED) is 0.456. The average Bonchev–Trinajstić information content (AvgIpc) is 2.37. The summed E-state index contributed by atoms with van der Waals surface area (Å²) in [6.45, 7) is 0. The molecule has 92 valence electrons. The summed E-state index contributed by atoms with van der Waals surface area (Å²) in [5, 5.41) is 0. The van der Waals surface area contributed by atoms with Crippen molar-refractivity contribution in [3.05, 3.63) is 17.6 Å². The van der Waals surface area contributed by atoms with E-state index >= 15 is 0 Å². The third kappa shape index (κ3) is 3.87. The van der Waals surface area contributed by atoms with Crippen molar-refractivity contribution >= 4 is 11.8 Å². The van der Waals surface area contributed by atoms with Crippen molar-refractivity contribution in [2.24, 2.45) is 10.7 Å². The second-order valence-corrected chi connectivity index (χ2v) is 3.79. The number of amidine groups is 1. The van der Waals surface area contributed by atoms with Crippen molar-refractivity contribution in [2.45, 2.75) is 25.7 Å². The maximum absolute atomic E-state index is 10.5. The lowest BCUT2D eigenvalue weighted by molar-refractivity contribution is 0.529. The predicted octanol–water partition coefficient (Wildman–Crippen LogP) is 1.04. The summed E-state index contributed by atoms with van der Waals surface area (Å²) < 4.78 is 0. The van der Waals surface area contributed by atoms with Gasteiger partial charge in [-0.2, -0.15) is 0 Å². The zero-order chi connectivity index (χ0) is 13.4. The largest absolute Gasteiger partial charge is 0.383 e. The fraction of sp³-hybridized carbons (Fsp3) is 0.357. The molecule has 0 aliphatic carbocycles. The van der Waals surface area contributed by atoms with Crippen LogP contribution < -0.4 is 5.73 Å². The molecule has 2 N–H and O–H groups in total. The summed E-state index contributed by atoms with van der Waals surface area (Å²) in [5.74, 6) is 10.7. The number of unbranched alkanes of at least 4 members (excludes halogenated alkanes) is 3. The van der Waals surface area contributed by atoms with Crippen LogP contribution in [-0.2, 0) is 4.79 Å². The third-order valence-corrected chi connectivity index (χ3v) is 2.35. The highest BCUT2D eigenvalue weighted by molar-refractivity contribution is 6.02. The van der Waals surface area contributed by atoms with Gasteiger partial charge in [0.2, 0.25) is 5.82 Å². The highest BCUT2D eigenvalue weighted by Crippen LogP contribution is 2.11. The minimum absolute atomic E-state index is 0.159. The van der Waals surface area contributed by atoms with Crippen molar-refractivity contribution in [2.75, 3.05) is 7.05 Å². The van der Waals surface area contributed by atoms with E-state index in [1.54, 1.807) is 24.1 Å². The molecule has 0 amide bonds. The van der Waals surface area contributed by atoms with Gasteiger partial charge in [0.1, 0.15) is 5.84 Å². The molecule has 1 aliphatic heterocycles. The minimum Gasteiger partial charge on any atom is -0.383 e. The zero-order valence-corrected chi connectivity index (χ0v) is 10.4. The summed E-state index contributed by atoms with van der Waals surface area (Å²) in [4.78, 5) is 16.0. The lowest BCUT2D eigenvalue weighted by Gasteiger charge is -2.17. The van der Waals surface area contributed by atoms with E-state index in [1.165, 1.54) is 0 Å². The van der Waals surface area contributed by atoms with Crippen LogP contribution in [0.25, 0.3) is 0 Å². The van der Waals surface area contributed by atoms with Gasteiger partial charge in [-0.05, 0) is 12.8 Å². The molecule has 4 heteroatoms. The van der Waals surface area contributed by atoms with E-state index in [0.717, 1.165) is 25.7 Å². The standard InChI is InChI=1S/C14H15N3O/c1-3-4-5-6-7-8-9-12-10-17(2)13(11-18)16-14(12)15/h1,10H,4-7H2,2H3,(H2,15,16). The first kappa shape index (κ1) is 13.6. The summed E-state index contributed by atoms with van der Waals surface area (Å²) in [6, 6.07) is 0. The second-order valence-electron chi connectivity index (χ2n) is 3.79. The summed E-state index contributed by atoms with van der Waals surface area (Å²) in [7, 11) is 1.70. The van der Waals surface area contributed by atoms with E-state index in [-0.39, 0.29) is 11.7 Å². The molecule has 1 aliphatic rings. The van der Waals surface area contributed by atoms with Crippen LogP contribution in [0.2, 0.25) is 0 Å². The third-order valence-electron chi connectivity index (χ3n) is 2.35. The Morgan fingerprint density at radius 2 is 2.17 bits per heavy atom. The molecule has 18 heavy (non-hydrogen) atoms. The van der Waals surface area contributed by atoms with Gasteiger partial charge in [0.25, 0.3) is 0 Å². The van der Waals surface area contributed by atoms with E-state index in [1.807, 2.05) is 0 Å². The molecule has 0 fully saturated rings. The molecular formula is C14H15N3O. The van der Waals surface area contributed by atoms with Crippen LogP contribution in [0.5, 0.6) is 0 Å². The lowest BCUT2D eigenvalue weighted by atomic mass is 10.2. The van der Waals surface area contributed by atoms with Crippen LogP contribution in [0.15, 0.2) is 22.6 Å². The molecule has 1 rings (SSSR count). The van der Waals surface area contributed by atoms with Gasteiger partial charge >= 0.3 is 0 Å². The molecule has 0 spiro atoms. The van der Waals surface area contributed by atoms with Crippen LogP contribution in [0, 0.1) is 24.2 Å². The first-order chi connectivity index (χ1) is 8.69. The molecule has 0 atom stereocenters. The lowest BCUT2D eigenvalue weighted by Crippen LogP contribution is -2.24. The second kappa shape index (κ2) is 7.01. The van der Waals surface area contributed by atoms with Crippen molar-refractivity contribution in [3.8, 4) is 24.2 Å².